The molecule has 2 nitrogen and oxygen atoms in total. The van der Waals surface area contributed by atoms with Crippen LogP contribution in [0.1, 0.15) is 13.8 Å². The van der Waals surface area contributed by atoms with Crippen molar-refractivity contribution in [2.45, 2.75) is 24.0 Å². The van der Waals surface area contributed by atoms with E-state index in [9.17, 15) is 8.42 Å². The van der Waals surface area contributed by atoms with Crippen LogP contribution in [0.4, 0.5) is 0 Å². The Morgan fingerprint density at radius 1 is 0.773 bits per heavy atom. The second-order valence-electron chi connectivity index (χ2n) is 5.62. The zero-order chi connectivity index (χ0) is 15.7. The average molecular weight is 310 g/mol. The summed E-state index contributed by atoms with van der Waals surface area (Å²) < 4.78 is 25.5. The Morgan fingerprint density at radius 2 is 1.41 bits per heavy atom. The fraction of sp³-hybridized carbons (Fsp3) is 0.158. The monoisotopic (exact) mass is 310 g/mol. The summed E-state index contributed by atoms with van der Waals surface area (Å²) >= 11 is 0. The molecule has 0 aliphatic rings. The lowest BCUT2D eigenvalue weighted by Gasteiger charge is -2.16. The van der Waals surface area contributed by atoms with Gasteiger partial charge in [0.05, 0.1) is 10.1 Å². The molecular weight excluding hydrogens is 292 g/mol. The summed E-state index contributed by atoms with van der Waals surface area (Å²) in [6.07, 6.45) is 0. The largest absolute Gasteiger partial charge is 0.223 e. The van der Waals surface area contributed by atoms with Gasteiger partial charge >= 0.3 is 0 Å². The van der Waals surface area contributed by atoms with Crippen LogP contribution in [0, 0.1) is 0 Å². The van der Waals surface area contributed by atoms with Gasteiger partial charge < -0.3 is 0 Å². The third-order valence-electron chi connectivity index (χ3n) is 3.88. The van der Waals surface area contributed by atoms with E-state index in [2.05, 4.69) is 0 Å². The van der Waals surface area contributed by atoms with Gasteiger partial charge in [0.15, 0.2) is 9.84 Å². The Balaban J connectivity index is 2.44. The topological polar surface area (TPSA) is 34.1 Å². The van der Waals surface area contributed by atoms with Crippen LogP contribution < -0.4 is 0 Å². The van der Waals surface area contributed by atoms with Crippen molar-refractivity contribution in [1.29, 1.82) is 0 Å². The van der Waals surface area contributed by atoms with Crippen molar-refractivity contribution in [3.63, 3.8) is 0 Å². The quantitative estimate of drug-likeness (QED) is 0.703. The maximum Gasteiger partial charge on any atom is 0.181 e. The highest BCUT2D eigenvalue weighted by atomic mass is 32.2. The first-order valence-corrected chi connectivity index (χ1v) is 8.87. The van der Waals surface area contributed by atoms with E-state index in [1.165, 1.54) is 0 Å². The number of hydrogen-bond acceptors (Lipinski definition) is 2. The molecule has 0 unspecified atom stereocenters. The first-order chi connectivity index (χ1) is 10.5. The molecule has 112 valence electrons. The van der Waals surface area contributed by atoms with Gasteiger partial charge in [-0.15, -0.1) is 0 Å². The Morgan fingerprint density at radius 3 is 2.09 bits per heavy atom. The fourth-order valence-electron chi connectivity index (χ4n) is 2.65. The van der Waals surface area contributed by atoms with Gasteiger partial charge in [0, 0.05) is 5.56 Å². The van der Waals surface area contributed by atoms with Crippen LogP contribution >= 0.6 is 0 Å². The van der Waals surface area contributed by atoms with Crippen molar-refractivity contribution in [2.75, 3.05) is 0 Å². The third kappa shape index (κ3) is 2.42. The van der Waals surface area contributed by atoms with Gasteiger partial charge in [-0.1, -0.05) is 60.7 Å². The Hall–Kier alpha value is -2.13. The van der Waals surface area contributed by atoms with Crippen LogP contribution in [0.5, 0.6) is 0 Å². The minimum absolute atomic E-state index is 0.410. The molecule has 0 radical (unpaired) electrons. The van der Waals surface area contributed by atoms with E-state index < -0.39 is 15.1 Å². The zero-order valence-electron chi connectivity index (χ0n) is 12.7. The van der Waals surface area contributed by atoms with E-state index in [1.54, 1.807) is 19.9 Å². The summed E-state index contributed by atoms with van der Waals surface area (Å²) in [5.41, 5.74) is 1.73. The third-order valence-corrected chi connectivity index (χ3v) is 6.07. The molecule has 3 heteroatoms. The van der Waals surface area contributed by atoms with Crippen LogP contribution in [0.2, 0.25) is 0 Å². The molecular formula is C19H18O2S. The number of sulfone groups is 1. The molecule has 0 aliphatic heterocycles. The average Bonchev–Trinajstić information content (AvgIpc) is 2.54. The van der Waals surface area contributed by atoms with Gasteiger partial charge in [-0.2, -0.15) is 0 Å². The van der Waals surface area contributed by atoms with Crippen molar-refractivity contribution in [2.24, 2.45) is 0 Å². The van der Waals surface area contributed by atoms with Gasteiger partial charge in [0.2, 0.25) is 0 Å². The van der Waals surface area contributed by atoms with Crippen molar-refractivity contribution in [3.05, 3.63) is 66.7 Å². The molecule has 3 aromatic carbocycles. The smallest absolute Gasteiger partial charge is 0.181 e. The molecule has 3 rings (SSSR count). The predicted octanol–water partition coefficient (Wildman–Crippen LogP) is 4.69. The Bertz CT molecular complexity index is 911. The highest BCUT2D eigenvalue weighted by Gasteiger charge is 2.24. The van der Waals surface area contributed by atoms with Crippen LogP contribution in [-0.2, 0) is 9.84 Å². The fourth-order valence-corrected chi connectivity index (χ4v) is 3.92. The molecule has 0 amide bonds. The van der Waals surface area contributed by atoms with Crippen LogP contribution in [0.25, 0.3) is 21.9 Å². The number of rotatable bonds is 3. The molecule has 0 spiro atoms. The predicted molar refractivity (Wildman–Crippen MR) is 91.7 cm³/mol. The maximum absolute atomic E-state index is 12.8. The van der Waals surface area contributed by atoms with Crippen LogP contribution in [0.3, 0.4) is 0 Å². The zero-order valence-corrected chi connectivity index (χ0v) is 13.5. The van der Waals surface area contributed by atoms with Gasteiger partial charge in [-0.05, 0) is 36.2 Å². The molecule has 0 saturated heterocycles. The highest BCUT2D eigenvalue weighted by molar-refractivity contribution is 7.92. The second-order valence-corrected chi connectivity index (χ2v) is 8.09. The molecule has 0 fully saturated rings. The molecule has 0 atom stereocenters. The second kappa shape index (κ2) is 5.58. The van der Waals surface area contributed by atoms with E-state index >= 15 is 0 Å². The van der Waals surface area contributed by atoms with Gasteiger partial charge in [0.25, 0.3) is 0 Å². The van der Waals surface area contributed by atoms with Gasteiger partial charge in [-0.25, -0.2) is 8.42 Å². The standard InChI is InChI=1S/C19H18O2S/c1-14(2)22(20,21)18-13-12-15-8-6-7-11-17(15)19(18)16-9-4-3-5-10-16/h3-14H,1-2H3. The van der Waals surface area contributed by atoms with Crippen molar-refractivity contribution < 1.29 is 8.42 Å². The minimum atomic E-state index is -3.35. The summed E-state index contributed by atoms with van der Waals surface area (Å²) in [7, 11) is -3.35. The van der Waals surface area contributed by atoms with E-state index in [-0.39, 0.29) is 0 Å². The lowest BCUT2D eigenvalue weighted by Crippen LogP contribution is -2.15. The Kier molecular flexibility index (Phi) is 3.75. The highest BCUT2D eigenvalue weighted by Crippen LogP contribution is 2.36. The van der Waals surface area contributed by atoms with E-state index in [0.717, 1.165) is 21.9 Å². The van der Waals surface area contributed by atoms with Crippen molar-refractivity contribution in [3.8, 4) is 11.1 Å². The summed E-state index contributed by atoms with van der Waals surface area (Å²) in [4.78, 5) is 0.410. The molecule has 0 heterocycles. The molecule has 0 aromatic heterocycles. The summed E-state index contributed by atoms with van der Waals surface area (Å²) in [5.74, 6) is 0. The van der Waals surface area contributed by atoms with E-state index in [1.807, 2.05) is 60.7 Å². The summed E-state index contributed by atoms with van der Waals surface area (Å²) in [5, 5.41) is 1.57. The van der Waals surface area contributed by atoms with Gasteiger partial charge in [0.1, 0.15) is 0 Å². The lowest BCUT2D eigenvalue weighted by atomic mass is 9.98. The van der Waals surface area contributed by atoms with E-state index in [4.69, 9.17) is 0 Å². The first-order valence-electron chi connectivity index (χ1n) is 7.33. The van der Waals surface area contributed by atoms with Crippen molar-refractivity contribution in [1.82, 2.24) is 0 Å². The minimum Gasteiger partial charge on any atom is -0.223 e. The SMILES string of the molecule is CC(C)S(=O)(=O)c1ccc2ccccc2c1-c1ccccc1. The summed E-state index contributed by atoms with van der Waals surface area (Å²) in [6, 6.07) is 21.2. The van der Waals surface area contributed by atoms with Crippen LogP contribution in [0.15, 0.2) is 71.6 Å². The molecule has 0 saturated carbocycles. The lowest BCUT2D eigenvalue weighted by molar-refractivity contribution is 0.588. The number of benzene rings is 3. The molecule has 0 bridgehead atoms. The van der Waals surface area contributed by atoms with Crippen molar-refractivity contribution >= 4 is 20.6 Å². The molecule has 3 aromatic rings. The molecule has 22 heavy (non-hydrogen) atoms. The molecule has 0 N–H and O–H groups in total. The normalized spacial score (nSPS) is 12.0. The maximum atomic E-state index is 12.8. The van der Waals surface area contributed by atoms with E-state index in [0.29, 0.717) is 4.90 Å². The molecule has 0 aliphatic carbocycles. The summed E-state index contributed by atoms with van der Waals surface area (Å²) in [6.45, 7) is 3.44. The van der Waals surface area contributed by atoms with Crippen LogP contribution in [-0.4, -0.2) is 13.7 Å². The number of fused-ring (bicyclic) bond motifs is 1. The number of hydrogen-bond donors (Lipinski definition) is 0. The Labute approximate surface area is 131 Å². The van der Waals surface area contributed by atoms with Gasteiger partial charge in [-0.3, -0.25) is 0 Å². The first kappa shape index (κ1) is 14.8.